The van der Waals surface area contributed by atoms with E-state index in [9.17, 15) is 30.8 Å². The number of aromatic amines is 1. The largest absolute Gasteiger partial charge is 0.573 e. The van der Waals surface area contributed by atoms with E-state index in [0.717, 1.165) is 35.7 Å². The number of aryl methyl sites for hydroxylation is 1. The predicted molar refractivity (Wildman–Crippen MR) is 123 cm³/mol. The van der Waals surface area contributed by atoms with Gasteiger partial charge in [-0.3, -0.25) is 4.79 Å². The molecule has 0 saturated heterocycles. The van der Waals surface area contributed by atoms with Crippen LogP contribution in [0.2, 0.25) is 0 Å². The van der Waals surface area contributed by atoms with Crippen molar-refractivity contribution in [3.05, 3.63) is 41.6 Å². The lowest BCUT2D eigenvalue weighted by Gasteiger charge is -2.22. The molecular formula is C22H23F4N5O4S. The quantitative estimate of drug-likeness (QED) is 0.302. The molecule has 0 bridgehead atoms. The molecule has 0 spiro atoms. The number of anilines is 2. The van der Waals surface area contributed by atoms with E-state index < -0.39 is 27.8 Å². The minimum absolute atomic E-state index is 0.0251. The third kappa shape index (κ3) is 6.22. The molecule has 0 fully saturated rings. The summed E-state index contributed by atoms with van der Waals surface area (Å²) in [5.41, 5.74) is 1.75. The van der Waals surface area contributed by atoms with Gasteiger partial charge in [0.2, 0.25) is 5.91 Å². The summed E-state index contributed by atoms with van der Waals surface area (Å²) in [5.74, 6) is -1.87. The number of sulfone groups is 1. The Balaban J connectivity index is 1.55. The van der Waals surface area contributed by atoms with Crippen LogP contribution in [0.5, 0.6) is 5.75 Å². The van der Waals surface area contributed by atoms with Gasteiger partial charge in [-0.25, -0.2) is 22.8 Å². The molecule has 14 heteroatoms. The molecule has 194 valence electrons. The molecule has 3 aromatic rings. The van der Waals surface area contributed by atoms with E-state index in [4.69, 9.17) is 0 Å². The number of carbonyl (C=O) groups excluding carboxylic acids is 1. The zero-order chi connectivity index (χ0) is 26.1. The highest BCUT2D eigenvalue weighted by Gasteiger charge is 2.32. The number of nitrogens with zero attached hydrogens (tertiary/aromatic N) is 2. The van der Waals surface area contributed by atoms with Crippen molar-refractivity contribution >= 4 is 38.3 Å². The monoisotopic (exact) mass is 529 g/mol. The minimum Gasteiger partial charge on any atom is -0.406 e. The maximum Gasteiger partial charge on any atom is 0.573 e. The highest BCUT2D eigenvalue weighted by Crippen LogP contribution is 2.36. The van der Waals surface area contributed by atoms with E-state index in [0.29, 0.717) is 36.7 Å². The number of amides is 1. The second-order valence-electron chi connectivity index (χ2n) is 8.56. The topological polar surface area (TPSA) is 126 Å². The molecule has 3 N–H and O–H groups in total. The van der Waals surface area contributed by atoms with Crippen LogP contribution in [0.4, 0.5) is 29.1 Å². The van der Waals surface area contributed by atoms with Crippen LogP contribution in [0, 0.1) is 11.7 Å². The first kappa shape index (κ1) is 25.7. The van der Waals surface area contributed by atoms with Crippen LogP contribution in [0.15, 0.2) is 24.5 Å². The number of rotatable bonds is 8. The highest BCUT2D eigenvalue weighted by molar-refractivity contribution is 7.90. The van der Waals surface area contributed by atoms with Crippen molar-refractivity contribution in [1.82, 2.24) is 20.3 Å². The average Bonchev–Trinajstić information content (AvgIpc) is 3.16. The smallest absolute Gasteiger partial charge is 0.406 e. The zero-order valence-electron chi connectivity index (χ0n) is 19.1. The van der Waals surface area contributed by atoms with Crippen LogP contribution in [0.25, 0.3) is 11.0 Å². The lowest BCUT2D eigenvalue weighted by molar-refractivity contribution is -0.274. The maximum absolute atomic E-state index is 14.4. The van der Waals surface area contributed by atoms with E-state index in [-0.39, 0.29) is 35.6 Å². The number of alkyl halides is 3. The third-order valence-corrected chi connectivity index (χ3v) is 6.79. The van der Waals surface area contributed by atoms with Gasteiger partial charge in [0.25, 0.3) is 0 Å². The first-order chi connectivity index (χ1) is 16.9. The molecule has 36 heavy (non-hydrogen) atoms. The van der Waals surface area contributed by atoms with Crippen molar-refractivity contribution in [2.45, 2.75) is 32.0 Å². The van der Waals surface area contributed by atoms with Crippen LogP contribution in [-0.2, 0) is 27.5 Å². The molecule has 0 unspecified atom stereocenters. The molecule has 2 aromatic heterocycles. The molecule has 4 rings (SSSR count). The van der Waals surface area contributed by atoms with Crippen molar-refractivity contribution in [3.8, 4) is 5.75 Å². The van der Waals surface area contributed by atoms with Crippen molar-refractivity contribution in [3.63, 3.8) is 0 Å². The van der Waals surface area contributed by atoms with Crippen LogP contribution < -0.4 is 15.4 Å². The van der Waals surface area contributed by atoms with Gasteiger partial charge in [-0.05, 0) is 43.4 Å². The Morgan fingerprint density at radius 2 is 2.06 bits per heavy atom. The highest BCUT2D eigenvalue weighted by atomic mass is 32.2. The lowest BCUT2D eigenvalue weighted by atomic mass is 9.86. The molecule has 1 aliphatic carbocycles. The second-order valence-corrected chi connectivity index (χ2v) is 10.8. The average molecular weight is 530 g/mol. The summed E-state index contributed by atoms with van der Waals surface area (Å²) in [6.45, 7) is 0.231. The van der Waals surface area contributed by atoms with Gasteiger partial charge in [-0.1, -0.05) is 0 Å². The Bertz CT molecular complexity index is 1390. The fourth-order valence-electron chi connectivity index (χ4n) is 4.17. The molecule has 1 aromatic carbocycles. The van der Waals surface area contributed by atoms with Crippen molar-refractivity contribution in [1.29, 1.82) is 0 Å². The van der Waals surface area contributed by atoms with E-state index >= 15 is 0 Å². The van der Waals surface area contributed by atoms with Gasteiger partial charge in [0.1, 0.15) is 39.2 Å². The van der Waals surface area contributed by atoms with Crippen molar-refractivity contribution in [2.75, 3.05) is 23.9 Å². The fourth-order valence-corrected chi connectivity index (χ4v) is 4.84. The number of hydrogen-bond donors (Lipinski definition) is 3. The summed E-state index contributed by atoms with van der Waals surface area (Å²) in [5, 5.41) is 6.00. The first-order valence-electron chi connectivity index (χ1n) is 11.0. The van der Waals surface area contributed by atoms with E-state index in [2.05, 4.69) is 30.3 Å². The van der Waals surface area contributed by atoms with Gasteiger partial charge >= 0.3 is 6.36 Å². The molecule has 0 radical (unpaired) electrons. The van der Waals surface area contributed by atoms with E-state index in [1.54, 1.807) is 0 Å². The minimum atomic E-state index is -4.93. The van der Waals surface area contributed by atoms with Gasteiger partial charge in [0, 0.05) is 30.5 Å². The summed E-state index contributed by atoms with van der Waals surface area (Å²) in [6, 6.07) is 2.59. The molecule has 0 saturated carbocycles. The number of H-pyrrole nitrogens is 1. The van der Waals surface area contributed by atoms with Gasteiger partial charge in [0.05, 0.1) is 16.8 Å². The predicted octanol–water partition coefficient (Wildman–Crippen LogP) is 3.40. The van der Waals surface area contributed by atoms with Crippen LogP contribution in [0.1, 0.15) is 24.1 Å². The number of halogens is 4. The number of nitrogens with one attached hydrogen (secondary N) is 3. The summed E-state index contributed by atoms with van der Waals surface area (Å²) in [7, 11) is -3.12. The van der Waals surface area contributed by atoms with Gasteiger partial charge in [-0.15, -0.1) is 13.2 Å². The summed E-state index contributed by atoms with van der Waals surface area (Å²) in [4.78, 5) is 24.2. The Morgan fingerprint density at radius 3 is 2.78 bits per heavy atom. The first-order valence-corrected chi connectivity index (χ1v) is 13.1. The molecular weight excluding hydrogens is 506 g/mol. The molecule has 0 aliphatic heterocycles. The van der Waals surface area contributed by atoms with E-state index in [1.165, 1.54) is 6.33 Å². The fraction of sp³-hybridized carbons (Fsp3) is 0.409. The SMILES string of the molecule is CS(=O)(=O)CCCNC(=O)[C@H]1CCc2[nH]c3ncnc(Nc4cc(OC(F)(F)F)ccc4F)c3c2C1. The molecule has 1 aliphatic rings. The Hall–Kier alpha value is -3.42. The summed E-state index contributed by atoms with van der Waals surface area (Å²) < 4.78 is 78.6. The summed E-state index contributed by atoms with van der Waals surface area (Å²) in [6.07, 6.45) is -0.845. The van der Waals surface area contributed by atoms with Crippen molar-refractivity contribution < 1.29 is 35.5 Å². The van der Waals surface area contributed by atoms with E-state index in [1.807, 2.05) is 0 Å². The number of carbonyl (C=O) groups is 1. The number of ether oxygens (including phenoxy) is 1. The number of fused-ring (bicyclic) bond motifs is 3. The zero-order valence-corrected chi connectivity index (χ0v) is 19.9. The third-order valence-electron chi connectivity index (χ3n) is 5.76. The normalized spacial score (nSPS) is 16.0. The number of hydrogen-bond acceptors (Lipinski definition) is 7. The number of aromatic nitrogens is 3. The molecule has 1 amide bonds. The van der Waals surface area contributed by atoms with Gasteiger partial charge in [-0.2, -0.15) is 0 Å². The Kier molecular flexibility index (Phi) is 7.07. The number of benzene rings is 1. The van der Waals surface area contributed by atoms with Gasteiger partial charge in [0.15, 0.2) is 0 Å². The van der Waals surface area contributed by atoms with Crippen LogP contribution in [-0.4, -0.2) is 54.2 Å². The standard InChI is InChI=1S/C22H23F4N5O4S/c1-36(33,34)8-2-7-27-21(32)12-3-6-16-14(9-12)18-19(30-16)28-11-29-20(18)31-17-10-13(4-5-15(17)23)35-22(24,25)26/h4-5,10-12H,2-3,6-9H2,1H3,(H,27,32)(H2,28,29,30,31)/t12-/m0/s1. The Labute approximate surface area is 203 Å². The lowest BCUT2D eigenvalue weighted by Crippen LogP contribution is -2.35. The molecule has 2 heterocycles. The summed E-state index contributed by atoms with van der Waals surface area (Å²) >= 11 is 0. The van der Waals surface area contributed by atoms with Crippen LogP contribution in [0.3, 0.4) is 0 Å². The van der Waals surface area contributed by atoms with Crippen molar-refractivity contribution in [2.24, 2.45) is 5.92 Å². The second kappa shape index (κ2) is 9.91. The molecule has 9 nitrogen and oxygen atoms in total. The van der Waals surface area contributed by atoms with Crippen LogP contribution >= 0.6 is 0 Å². The Morgan fingerprint density at radius 1 is 1.28 bits per heavy atom. The molecule has 1 atom stereocenters. The maximum atomic E-state index is 14.4. The van der Waals surface area contributed by atoms with Gasteiger partial charge < -0.3 is 20.4 Å².